The third kappa shape index (κ3) is 4.39. The number of sulfone groups is 1. The highest BCUT2D eigenvalue weighted by Crippen LogP contribution is 2.31. The lowest BCUT2D eigenvalue weighted by Gasteiger charge is -2.33. The minimum Gasteiger partial charge on any atom is -0.438 e. The molecule has 4 rings (SSSR count). The van der Waals surface area contributed by atoms with Crippen molar-refractivity contribution in [2.75, 3.05) is 19.3 Å². The van der Waals surface area contributed by atoms with Gasteiger partial charge in [-0.1, -0.05) is 13.8 Å². The van der Waals surface area contributed by atoms with Gasteiger partial charge in [0.05, 0.1) is 17.1 Å². The molecule has 0 bridgehead atoms. The Kier molecular flexibility index (Phi) is 5.65. The van der Waals surface area contributed by atoms with Crippen LogP contribution in [-0.4, -0.2) is 58.3 Å². The summed E-state index contributed by atoms with van der Waals surface area (Å²) in [6.45, 7) is 5.24. The van der Waals surface area contributed by atoms with E-state index >= 15 is 0 Å². The summed E-state index contributed by atoms with van der Waals surface area (Å²) in [5.74, 6) is 1.01. The summed E-state index contributed by atoms with van der Waals surface area (Å²) in [5.41, 5.74) is 0.673. The molecule has 0 radical (unpaired) electrons. The van der Waals surface area contributed by atoms with Crippen LogP contribution in [0.1, 0.15) is 32.7 Å². The summed E-state index contributed by atoms with van der Waals surface area (Å²) >= 11 is 0. The standard InChI is InChI=1S/C21H25N5O4S/c1-14(2)21(27)25-10-8-15(9-11-25)26-19-18(12-24-26)20(23-13-22-19)30-16-4-6-17(7-5-16)31(3,28)29/h4-7,12-15H,8-11H2,1-3H3. The van der Waals surface area contributed by atoms with Crippen molar-refractivity contribution in [1.82, 2.24) is 24.6 Å². The topological polar surface area (TPSA) is 107 Å². The van der Waals surface area contributed by atoms with Crippen molar-refractivity contribution in [3.05, 3.63) is 36.8 Å². The molecule has 1 aromatic carbocycles. The zero-order valence-corrected chi connectivity index (χ0v) is 18.5. The average molecular weight is 444 g/mol. The van der Waals surface area contributed by atoms with E-state index in [0.29, 0.717) is 35.8 Å². The van der Waals surface area contributed by atoms with Crippen LogP contribution in [0, 0.1) is 5.92 Å². The van der Waals surface area contributed by atoms with Crippen LogP contribution in [0.2, 0.25) is 0 Å². The monoisotopic (exact) mass is 443 g/mol. The molecule has 0 unspecified atom stereocenters. The summed E-state index contributed by atoms with van der Waals surface area (Å²) in [6, 6.07) is 6.33. The quantitative estimate of drug-likeness (QED) is 0.597. The number of likely N-dealkylation sites (tertiary alicyclic amines) is 1. The van der Waals surface area contributed by atoms with Crippen LogP contribution in [0.5, 0.6) is 11.6 Å². The molecule has 0 spiro atoms. The molecular weight excluding hydrogens is 418 g/mol. The maximum Gasteiger partial charge on any atom is 0.233 e. The molecule has 0 N–H and O–H groups in total. The Morgan fingerprint density at radius 2 is 1.81 bits per heavy atom. The Hall–Kier alpha value is -3.01. The van der Waals surface area contributed by atoms with E-state index in [0.717, 1.165) is 19.1 Å². The number of aromatic nitrogens is 4. The van der Waals surface area contributed by atoms with Gasteiger partial charge in [-0.25, -0.2) is 23.1 Å². The fourth-order valence-electron chi connectivity index (χ4n) is 3.75. The van der Waals surface area contributed by atoms with Gasteiger partial charge in [-0.3, -0.25) is 4.79 Å². The zero-order valence-electron chi connectivity index (χ0n) is 17.7. The minimum atomic E-state index is -3.27. The predicted molar refractivity (Wildman–Crippen MR) is 115 cm³/mol. The molecule has 9 nitrogen and oxygen atoms in total. The summed E-state index contributed by atoms with van der Waals surface area (Å²) in [6.07, 6.45) is 5.89. The molecule has 1 aliphatic rings. The van der Waals surface area contributed by atoms with E-state index in [1.807, 2.05) is 23.4 Å². The van der Waals surface area contributed by atoms with Gasteiger partial charge in [0, 0.05) is 25.3 Å². The van der Waals surface area contributed by atoms with Crippen molar-refractivity contribution in [3.8, 4) is 11.6 Å². The first kappa shape index (κ1) is 21.2. The van der Waals surface area contributed by atoms with E-state index in [-0.39, 0.29) is 22.8 Å². The second-order valence-electron chi connectivity index (χ2n) is 8.06. The van der Waals surface area contributed by atoms with Gasteiger partial charge >= 0.3 is 0 Å². The number of carbonyl (C=O) groups is 1. The number of carbonyl (C=O) groups excluding carboxylic acids is 1. The number of benzene rings is 1. The Labute approximate surface area is 181 Å². The first-order valence-corrected chi connectivity index (χ1v) is 12.1. The lowest BCUT2D eigenvalue weighted by atomic mass is 10.0. The fourth-order valence-corrected chi connectivity index (χ4v) is 4.38. The first-order valence-electron chi connectivity index (χ1n) is 10.2. The second-order valence-corrected chi connectivity index (χ2v) is 10.1. The molecular formula is C21H25N5O4S. The number of hydrogen-bond donors (Lipinski definition) is 0. The third-order valence-electron chi connectivity index (χ3n) is 5.44. The largest absolute Gasteiger partial charge is 0.438 e. The SMILES string of the molecule is CC(C)C(=O)N1CCC(n2ncc3c(Oc4ccc(S(C)(=O)=O)cc4)ncnc32)CC1. The Morgan fingerprint density at radius 1 is 1.13 bits per heavy atom. The van der Waals surface area contributed by atoms with E-state index in [9.17, 15) is 13.2 Å². The Morgan fingerprint density at radius 3 is 2.42 bits per heavy atom. The van der Waals surface area contributed by atoms with Crippen LogP contribution in [0.3, 0.4) is 0 Å². The number of hydrogen-bond acceptors (Lipinski definition) is 7. The highest BCUT2D eigenvalue weighted by Gasteiger charge is 2.27. The van der Waals surface area contributed by atoms with E-state index in [2.05, 4.69) is 15.1 Å². The highest BCUT2D eigenvalue weighted by atomic mass is 32.2. The Bertz CT molecular complexity index is 1200. The smallest absolute Gasteiger partial charge is 0.233 e. The third-order valence-corrected chi connectivity index (χ3v) is 6.57. The molecule has 10 heteroatoms. The van der Waals surface area contributed by atoms with Crippen molar-refractivity contribution in [2.45, 2.75) is 37.6 Å². The van der Waals surface area contributed by atoms with Gasteiger partial charge in [-0.05, 0) is 37.1 Å². The molecule has 3 aromatic rings. The van der Waals surface area contributed by atoms with Gasteiger partial charge in [-0.15, -0.1) is 0 Å². The lowest BCUT2D eigenvalue weighted by Crippen LogP contribution is -2.41. The van der Waals surface area contributed by atoms with Crippen LogP contribution >= 0.6 is 0 Å². The van der Waals surface area contributed by atoms with Crippen LogP contribution in [-0.2, 0) is 14.6 Å². The molecule has 1 fully saturated rings. The van der Waals surface area contributed by atoms with Crippen molar-refractivity contribution in [3.63, 3.8) is 0 Å². The molecule has 0 saturated carbocycles. The molecule has 0 aliphatic carbocycles. The van der Waals surface area contributed by atoms with Gasteiger partial charge in [0.1, 0.15) is 17.5 Å². The summed E-state index contributed by atoms with van der Waals surface area (Å²) in [5, 5.41) is 5.20. The lowest BCUT2D eigenvalue weighted by molar-refractivity contribution is -0.135. The molecule has 31 heavy (non-hydrogen) atoms. The molecule has 0 atom stereocenters. The highest BCUT2D eigenvalue weighted by molar-refractivity contribution is 7.90. The number of rotatable bonds is 5. The first-order chi connectivity index (χ1) is 14.7. The van der Waals surface area contributed by atoms with Crippen molar-refractivity contribution in [2.24, 2.45) is 5.92 Å². The molecule has 1 saturated heterocycles. The number of piperidine rings is 1. The summed E-state index contributed by atoms with van der Waals surface area (Å²) < 4.78 is 31.0. The molecule has 164 valence electrons. The minimum absolute atomic E-state index is 0.000955. The van der Waals surface area contributed by atoms with E-state index in [4.69, 9.17) is 4.74 Å². The zero-order chi connectivity index (χ0) is 22.2. The van der Waals surface area contributed by atoms with Gasteiger partial charge in [0.15, 0.2) is 15.5 Å². The van der Waals surface area contributed by atoms with Gasteiger partial charge in [0.2, 0.25) is 11.8 Å². The molecule has 2 aromatic heterocycles. The van der Waals surface area contributed by atoms with E-state index in [1.165, 1.54) is 18.5 Å². The normalized spacial score (nSPS) is 15.5. The van der Waals surface area contributed by atoms with Crippen LogP contribution in [0.15, 0.2) is 41.7 Å². The van der Waals surface area contributed by atoms with Crippen LogP contribution in [0.25, 0.3) is 11.0 Å². The fraction of sp³-hybridized carbons (Fsp3) is 0.429. The summed E-state index contributed by atoms with van der Waals surface area (Å²) in [7, 11) is -3.27. The van der Waals surface area contributed by atoms with Crippen molar-refractivity contribution < 1.29 is 17.9 Å². The van der Waals surface area contributed by atoms with Gasteiger partial charge in [-0.2, -0.15) is 5.10 Å². The van der Waals surface area contributed by atoms with Crippen LogP contribution in [0.4, 0.5) is 0 Å². The number of amides is 1. The molecule has 1 aliphatic heterocycles. The number of nitrogens with zero attached hydrogens (tertiary/aromatic N) is 5. The maximum absolute atomic E-state index is 12.2. The second kappa shape index (κ2) is 8.26. The molecule has 3 heterocycles. The summed E-state index contributed by atoms with van der Waals surface area (Å²) in [4.78, 5) is 23.0. The van der Waals surface area contributed by atoms with Crippen molar-refractivity contribution >= 4 is 26.8 Å². The predicted octanol–water partition coefficient (Wildman–Crippen LogP) is 2.84. The number of ether oxygens (including phenoxy) is 1. The van der Waals surface area contributed by atoms with Crippen LogP contribution < -0.4 is 4.74 Å². The van der Waals surface area contributed by atoms with Gasteiger partial charge < -0.3 is 9.64 Å². The van der Waals surface area contributed by atoms with Crippen molar-refractivity contribution in [1.29, 1.82) is 0 Å². The maximum atomic E-state index is 12.2. The van der Waals surface area contributed by atoms with Gasteiger partial charge in [0.25, 0.3) is 0 Å². The average Bonchev–Trinajstić information content (AvgIpc) is 3.18. The van der Waals surface area contributed by atoms with E-state index < -0.39 is 9.84 Å². The Balaban J connectivity index is 1.53. The molecule has 1 amide bonds. The van der Waals surface area contributed by atoms with E-state index in [1.54, 1.807) is 18.3 Å². The number of fused-ring (bicyclic) bond motifs is 1.